The van der Waals surface area contributed by atoms with Crippen molar-refractivity contribution in [2.75, 3.05) is 0 Å². The summed E-state index contributed by atoms with van der Waals surface area (Å²) in [5.74, 6) is 1.95. The van der Waals surface area contributed by atoms with Crippen LogP contribution in [0.1, 0.15) is 65.7 Å². The van der Waals surface area contributed by atoms with Crippen LogP contribution in [0.4, 0.5) is 0 Å². The molecular formula is C15H27NO. The van der Waals surface area contributed by atoms with Crippen LogP contribution in [-0.2, 0) is 4.79 Å². The number of carbonyl (C=O) groups is 1. The molecule has 0 bridgehead atoms. The predicted octanol–water partition coefficient (Wildman–Crippen LogP) is 3.60. The molecule has 0 aromatic heterocycles. The molecule has 0 aromatic carbocycles. The van der Waals surface area contributed by atoms with Crippen LogP contribution in [0, 0.1) is 11.8 Å². The van der Waals surface area contributed by atoms with Crippen molar-refractivity contribution in [3.05, 3.63) is 0 Å². The van der Waals surface area contributed by atoms with Crippen LogP contribution < -0.4 is 0 Å². The van der Waals surface area contributed by atoms with E-state index in [0.29, 0.717) is 18.0 Å². The minimum absolute atomic E-state index is 0.435. The Morgan fingerprint density at radius 1 is 1.18 bits per heavy atom. The maximum atomic E-state index is 12.1. The van der Waals surface area contributed by atoms with Gasteiger partial charge in [0.05, 0.1) is 0 Å². The Labute approximate surface area is 106 Å². The van der Waals surface area contributed by atoms with E-state index in [4.69, 9.17) is 0 Å². The Hall–Kier alpha value is -0.530. The highest BCUT2D eigenvalue weighted by Crippen LogP contribution is 2.42. The molecule has 0 N–H and O–H groups in total. The molecule has 0 aliphatic carbocycles. The number of amides is 1. The number of piperidine rings is 1. The Morgan fingerprint density at radius 3 is 2.47 bits per heavy atom. The molecule has 2 nitrogen and oxygen atoms in total. The molecule has 0 spiro atoms. The van der Waals surface area contributed by atoms with Crippen molar-refractivity contribution >= 4 is 5.91 Å². The first-order chi connectivity index (χ1) is 8.22. The van der Waals surface area contributed by atoms with Gasteiger partial charge < -0.3 is 4.90 Å². The van der Waals surface area contributed by atoms with Crippen molar-refractivity contribution in [1.29, 1.82) is 0 Å². The molecule has 0 radical (unpaired) electrons. The monoisotopic (exact) mass is 237 g/mol. The Bertz CT molecular complexity index is 276. The molecule has 2 heteroatoms. The zero-order valence-electron chi connectivity index (χ0n) is 11.6. The summed E-state index contributed by atoms with van der Waals surface area (Å²) < 4.78 is 0. The normalized spacial score (nSPS) is 37.4. The smallest absolute Gasteiger partial charge is 0.223 e. The van der Waals surface area contributed by atoms with Crippen molar-refractivity contribution < 1.29 is 4.79 Å². The van der Waals surface area contributed by atoms with Gasteiger partial charge in [0.2, 0.25) is 5.91 Å². The minimum atomic E-state index is 0.435. The van der Waals surface area contributed by atoms with E-state index in [-0.39, 0.29) is 0 Å². The second kappa shape index (κ2) is 5.41. The number of nitrogens with zero attached hydrogens (tertiary/aromatic N) is 1. The molecule has 2 fully saturated rings. The van der Waals surface area contributed by atoms with E-state index < -0.39 is 0 Å². The average Bonchev–Trinajstić information content (AvgIpc) is 2.72. The van der Waals surface area contributed by atoms with E-state index in [2.05, 4.69) is 25.7 Å². The van der Waals surface area contributed by atoms with E-state index in [0.717, 1.165) is 24.7 Å². The largest absolute Gasteiger partial charge is 0.336 e. The molecule has 0 saturated carbocycles. The van der Waals surface area contributed by atoms with E-state index in [1.54, 1.807) is 0 Å². The molecule has 0 aromatic rings. The lowest BCUT2D eigenvalue weighted by molar-refractivity contribution is -0.136. The third-order valence-electron chi connectivity index (χ3n) is 4.98. The van der Waals surface area contributed by atoms with Crippen LogP contribution in [0.25, 0.3) is 0 Å². The lowest BCUT2D eigenvalue weighted by Crippen LogP contribution is -2.53. The summed E-state index contributed by atoms with van der Waals surface area (Å²) in [6.45, 7) is 6.83. The summed E-state index contributed by atoms with van der Waals surface area (Å²) in [6, 6.07) is 1.12. The number of hydrogen-bond acceptors (Lipinski definition) is 1. The van der Waals surface area contributed by atoms with E-state index in [9.17, 15) is 4.79 Å². The molecule has 2 aliphatic heterocycles. The topological polar surface area (TPSA) is 20.3 Å². The number of hydrogen-bond donors (Lipinski definition) is 0. The third kappa shape index (κ3) is 2.23. The summed E-state index contributed by atoms with van der Waals surface area (Å²) in [7, 11) is 0. The second-order valence-electron chi connectivity index (χ2n) is 5.84. The zero-order chi connectivity index (χ0) is 12.4. The summed E-state index contributed by atoms with van der Waals surface area (Å²) in [5.41, 5.74) is 0. The van der Waals surface area contributed by atoms with Crippen LogP contribution in [0.3, 0.4) is 0 Å². The molecule has 1 amide bonds. The summed E-state index contributed by atoms with van der Waals surface area (Å²) in [6.07, 6.45) is 8.16. The van der Waals surface area contributed by atoms with Gasteiger partial charge in [0.15, 0.2) is 0 Å². The van der Waals surface area contributed by atoms with Crippen molar-refractivity contribution in [1.82, 2.24) is 4.90 Å². The second-order valence-corrected chi connectivity index (χ2v) is 5.84. The van der Waals surface area contributed by atoms with Gasteiger partial charge >= 0.3 is 0 Å². The molecule has 2 rings (SSSR count). The van der Waals surface area contributed by atoms with Gasteiger partial charge in [-0.1, -0.05) is 40.0 Å². The van der Waals surface area contributed by atoms with Crippen LogP contribution >= 0.6 is 0 Å². The molecule has 4 atom stereocenters. The Balaban J connectivity index is 2.21. The summed E-state index contributed by atoms with van der Waals surface area (Å²) >= 11 is 0. The van der Waals surface area contributed by atoms with Gasteiger partial charge in [-0.25, -0.2) is 0 Å². The molecule has 0 unspecified atom stereocenters. The highest BCUT2D eigenvalue weighted by atomic mass is 16.2. The van der Waals surface area contributed by atoms with Crippen molar-refractivity contribution in [2.24, 2.45) is 11.8 Å². The Kier molecular flexibility index (Phi) is 4.11. The lowest BCUT2D eigenvalue weighted by Gasteiger charge is -2.47. The highest BCUT2D eigenvalue weighted by Gasteiger charge is 2.46. The fraction of sp³-hybridized carbons (Fsp3) is 0.933. The Morgan fingerprint density at radius 2 is 1.88 bits per heavy atom. The van der Waals surface area contributed by atoms with Gasteiger partial charge in [-0.2, -0.15) is 0 Å². The number of carbonyl (C=O) groups excluding carboxylic acids is 1. The van der Waals surface area contributed by atoms with Crippen molar-refractivity contribution in [3.63, 3.8) is 0 Å². The van der Waals surface area contributed by atoms with Gasteiger partial charge in [0, 0.05) is 18.5 Å². The summed E-state index contributed by atoms with van der Waals surface area (Å²) in [5, 5.41) is 0. The highest BCUT2D eigenvalue weighted by molar-refractivity contribution is 5.79. The standard InChI is InChI=1S/C15H27NO/c1-4-7-13-11(5-2)10-12(6-3)14-8-9-15(17)16(13)14/h11-14H,4-10H2,1-3H3/t11-,12+,13+,14+/m1/s1. The number of fused-ring (bicyclic) bond motifs is 1. The fourth-order valence-electron chi connectivity index (χ4n) is 4.10. The SMILES string of the molecule is CCC[C@H]1[C@H](CC)C[C@H](CC)[C@@H]2CCC(=O)N12. The first-order valence-corrected chi connectivity index (χ1v) is 7.54. The molecular weight excluding hydrogens is 210 g/mol. The fourth-order valence-corrected chi connectivity index (χ4v) is 4.10. The first kappa shape index (κ1) is 12.9. The average molecular weight is 237 g/mol. The van der Waals surface area contributed by atoms with Gasteiger partial charge in [-0.15, -0.1) is 0 Å². The first-order valence-electron chi connectivity index (χ1n) is 7.54. The molecule has 98 valence electrons. The van der Waals surface area contributed by atoms with Crippen LogP contribution in [0.2, 0.25) is 0 Å². The molecule has 17 heavy (non-hydrogen) atoms. The third-order valence-corrected chi connectivity index (χ3v) is 4.98. The van der Waals surface area contributed by atoms with Gasteiger partial charge in [-0.3, -0.25) is 4.79 Å². The minimum Gasteiger partial charge on any atom is -0.336 e. The predicted molar refractivity (Wildman–Crippen MR) is 70.7 cm³/mol. The van der Waals surface area contributed by atoms with Crippen LogP contribution in [0.5, 0.6) is 0 Å². The van der Waals surface area contributed by atoms with Crippen molar-refractivity contribution in [3.8, 4) is 0 Å². The van der Waals surface area contributed by atoms with Crippen molar-refractivity contribution in [2.45, 2.75) is 77.8 Å². The zero-order valence-corrected chi connectivity index (χ0v) is 11.6. The molecule has 2 saturated heterocycles. The van der Waals surface area contributed by atoms with Gasteiger partial charge in [-0.05, 0) is 31.1 Å². The van der Waals surface area contributed by atoms with E-state index in [1.165, 1.54) is 32.1 Å². The van der Waals surface area contributed by atoms with E-state index >= 15 is 0 Å². The van der Waals surface area contributed by atoms with Crippen LogP contribution in [-0.4, -0.2) is 22.9 Å². The van der Waals surface area contributed by atoms with Crippen LogP contribution in [0.15, 0.2) is 0 Å². The van der Waals surface area contributed by atoms with Gasteiger partial charge in [0.25, 0.3) is 0 Å². The maximum absolute atomic E-state index is 12.1. The van der Waals surface area contributed by atoms with E-state index in [1.807, 2.05) is 0 Å². The molecule has 2 aliphatic rings. The maximum Gasteiger partial charge on any atom is 0.223 e. The van der Waals surface area contributed by atoms with Gasteiger partial charge in [0.1, 0.15) is 0 Å². The number of rotatable bonds is 4. The molecule has 2 heterocycles. The quantitative estimate of drug-likeness (QED) is 0.731. The summed E-state index contributed by atoms with van der Waals surface area (Å²) in [4.78, 5) is 14.4. The lowest BCUT2D eigenvalue weighted by atomic mass is 9.75.